The summed E-state index contributed by atoms with van der Waals surface area (Å²) in [5, 5.41) is 12.5. The summed E-state index contributed by atoms with van der Waals surface area (Å²) in [5.74, 6) is 0.997. The largest absolute Gasteiger partial charge is 0.507 e. The number of phenols is 1. The molecule has 4 atom stereocenters. The summed E-state index contributed by atoms with van der Waals surface area (Å²) in [6.45, 7) is 1.71. The predicted octanol–water partition coefficient (Wildman–Crippen LogP) is 2.49. The van der Waals surface area contributed by atoms with Crippen LogP contribution in [0.1, 0.15) is 43.0 Å². The lowest BCUT2D eigenvalue weighted by molar-refractivity contribution is -0.125. The van der Waals surface area contributed by atoms with E-state index < -0.39 is 5.97 Å². The van der Waals surface area contributed by atoms with Gasteiger partial charge in [-0.1, -0.05) is 18.6 Å². The van der Waals surface area contributed by atoms with Crippen molar-refractivity contribution < 1.29 is 19.4 Å². The van der Waals surface area contributed by atoms with Gasteiger partial charge in [-0.05, 0) is 56.1 Å². The first-order valence-electron chi connectivity index (χ1n) is 8.29. The lowest BCUT2D eigenvalue weighted by Gasteiger charge is -2.28. The fourth-order valence-corrected chi connectivity index (χ4v) is 4.16. The molecule has 0 aromatic heterocycles. The third-order valence-corrected chi connectivity index (χ3v) is 5.28. The van der Waals surface area contributed by atoms with Crippen molar-refractivity contribution in [2.45, 2.75) is 38.6 Å². The van der Waals surface area contributed by atoms with Gasteiger partial charge >= 0.3 is 5.97 Å². The van der Waals surface area contributed by atoms with Crippen molar-refractivity contribution in [3.05, 3.63) is 29.8 Å². The quantitative estimate of drug-likeness (QED) is 0.818. The number of hydrogen-bond donors (Lipinski definition) is 2. The van der Waals surface area contributed by atoms with E-state index >= 15 is 0 Å². The number of carbonyl (C=O) groups is 2. The van der Waals surface area contributed by atoms with Crippen LogP contribution in [0.3, 0.4) is 0 Å². The molecule has 0 heterocycles. The zero-order chi connectivity index (χ0) is 16.4. The number of phenolic OH excluding ortho intramolecular Hbond substituents is 1. The minimum Gasteiger partial charge on any atom is -0.507 e. The highest BCUT2D eigenvalue weighted by molar-refractivity contribution is 5.93. The van der Waals surface area contributed by atoms with E-state index in [4.69, 9.17) is 4.74 Å². The molecule has 2 fully saturated rings. The highest BCUT2D eigenvalue weighted by Crippen LogP contribution is 2.49. The van der Waals surface area contributed by atoms with Crippen LogP contribution in [-0.2, 0) is 9.53 Å². The standard InChI is InChI=1S/C18H23NO4/c1-11(15-9-12-6-7-13(15)8-12)19-17(21)10-23-18(22)14-4-2-3-5-16(14)20/h2-5,11-13,15,20H,6-10H2,1H3,(H,19,21)/t11-,12+,13+,15+/m1/s1. The van der Waals surface area contributed by atoms with Crippen LogP contribution in [-0.4, -0.2) is 29.6 Å². The Kier molecular flexibility index (Phi) is 4.55. The van der Waals surface area contributed by atoms with Gasteiger partial charge in [-0.3, -0.25) is 4.79 Å². The Labute approximate surface area is 136 Å². The summed E-state index contributed by atoms with van der Waals surface area (Å²) in [7, 11) is 0. The minimum atomic E-state index is -0.689. The van der Waals surface area contributed by atoms with Gasteiger partial charge in [0, 0.05) is 6.04 Å². The molecule has 1 aromatic carbocycles. The van der Waals surface area contributed by atoms with E-state index in [2.05, 4.69) is 5.32 Å². The number of aromatic hydroxyl groups is 1. The van der Waals surface area contributed by atoms with Crippen LogP contribution >= 0.6 is 0 Å². The Morgan fingerprint density at radius 3 is 2.74 bits per heavy atom. The summed E-state index contributed by atoms with van der Waals surface area (Å²) in [6, 6.07) is 6.24. The van der Waals surface area contributed by atoms with Gasteiger partial charge in [0.1, 0.15) is 11.3 Å². The van der Waals surface area contributed by atoms with E-state index in [9.17, 15) is 14.7 Å². The molecule has 0 saturated heterocycles. The topological polar surface area (TPSA) is 75.6 Å². The van der Waals surface area contributed by atoms with Crippen LogP contribution in [0.4, 0.5) is 0 Å². The van der Waals surface area contributed by atoms with Crippen molar-refractivity contribution in [2.75, 3.05) is 6.61 Å². The van der Waals surface area contributed by atoms with Crippen molar-refractivity contribution in [2.24, 2.45) is 17.8 Å². The average molecular weight is 317 g/mol. The molecule has 1 amide bonds. The molecular formula is C18H23NO4. The first kappa shape index (κ1) is 15.8. The fourth-order valence-electron chi connectivity index (χ4n) is 4.16. The highest BCUT2D eigenvalue weighted by atomic mass is 16.5. The molecule has 0 unspecified atom stereocenters. The first-order valence-corrected chi connectivity index (χ1v) is 8.29. The van der Waals surface area contributed by atoms with Crippen LogP contribution in [0.25, 0.3) is 0 Å². The number of nitrogens with one attached hydrogen (secondary N) is 1. The average Bonchev–Trinajstić information content (AvgIpc) is 3.16. The number of rotatable bonds is 5. The zero-order valence-corrected chi connectivity index (χ0v) is 13.3. The van der Waals surface area contributed by atoms with Gasteiger partial charge in [-0.15, -0.1) is 0 Å². The van der Waals surface area contributed by atoms with Gasteiger partial charge in [-0.25, -0.2) is 4.79 Å². The van der Waals surface area contributed by atoms with Crippen LogP contribution in [0, 0.1) is 17.8 Å². The number of para-hydroxylation sites is 1. The molecular weight excluding hydrogens is 294 g/mol. The van der Waals surface area contributed by atoms with Gasteiger partial charge in [0.2, 0.25) is 0 Å². The molecule has 0 aliphatic heterocycles. The monoisotopic (exact) mass is 317 g/mol. The predicted molar refractivity (Wildman–Crippen MR) is 84.9 cm³/mol. The molecule has 2 bridgehead atoms. The molecule has 23 heavy (non-hydrogen) atoms. The Hall–Kier alpha value is -2.04. The van der Waals surface area contributed by atoms with Gasteiger partial charge in [0.05, 0.1) is 0 Å². The number of hydrogen-bond acceptors (Lipinski definition) is 4. The second kappa shape index (κ2) is 6.60. The van der Waals surface area contributed by atoms with Gasteiger partial charge in [0.15, 0.2) is 6.61 Å². The lowest BCUT2D eigenvalue weighted by Crippen LogP contribution is -2.42. The third kappa shape index (κ3) is 3.49. The molecule has 124 valence electrons. The second-order valence-corrected chi connectivity index (χ2v) is 6.79. The number of carbonyl (C=O) groups excluding carboxylic acids is 2. The molecule has 5 nitrogen and oxygen atoms in total. The molecule has 0 spiro atoms. The van der Waals surface area contributed by atoms with E-state index in [1.807, 2.05) is 6.92 Å². The third-order valence-electron chi connectivity index (χ3n) is 5.28. The number of fused-ring (bicyclic) bond motifs is 2. The molecule has 2 saturated carbocycles. The maximum Gasteiger partial charge on any atom is 0.342 e. The number of amides is 1. The molecule has 2 aliphatic carbocycles. The first-order chi connectivity index (χ1) is 11.0. The SMILES string of the molecule is C[C@@H](NC(=O)COC(=O)c1ccccc1O)[C@@H]1C[C@H]2CC[C@H]1C2. The van der Waals surface area contributed by atoms with Crippen molar-refractivity contribution >= 4 is 11.9 Å². The molecule has 1 aromatic rings. The van der Waals surface area contributed by atoms with Crippen LogP contribution in [0.15, 0.2) is 24.3 Å². The molecule has 2 N–H and O–H groups in total. The summed E-state index contributed by atoms with van der Waals surface area (Å²) in [6.07, 6.45) is 5.11. The summed E-state index contributed by atoms with van der Waals surface area (Å²) in [5.41, 5.74) is 0.0708. The zero-order valence-electron chi connectivity index (χ0n) is 13.3. The Bertz CT molecular complexity index is 600. The van der Waals surface area contributed by atoms with E-state index in [0.29, 0.717) is 5.92 Å². The number of benzene rings is 1. The Morgan fingerprint density at radius 2 is 2.09 bits per heavy atom. The van der Waals surface area contributed by atoms with Crippen molar-refractivity contribution in [1.82, 2.24) is 5.32 Å². The van der Waals surface area contributed by atoms with Crippen LogP contribution < -0.4 is 5.32 Å². The molecule has 2 aliphatic rings. The van der Waals surface area contributed by atoms with Gasteiger partial charge in [-0.2, -0.15) is 0 Å². The Morgan fingerprint density at radius 1 is 1.30 bits per heavy atom. The number of esters is 1. The van der Waals surface area contributed by atoms with E-state index in [-0.39, 0.29) is 29.9 Å². The van der Waals surface area contributed by atoms with E-state index in [1.54, 1.807) is 12.1 Å². The maximum absolute atomic E-state index is 12.0. The maximum atomic E-state index is 12.0. The van der Waals surface area contributed by atoms with Crippen molar-refractivity contribution in [1.29, 1.82) is 0 Å². The number of ether oxygens (including phenoxy) is 1. The van der Waals surface area contributed by atoms with Crippen LogP contribution in [0.5, 0.6) is 5.75 Å². The van der Waals surface area contributed by atoms with Crippen molar-refractivity contribution in [3.63, 3.8) is 0 Å². The minimum absolute atomic E-state index is 0.0708. The smallest absolute Gasteiger partial charge is 0.342 e. The normalized spacial score (nSPS) is 26.7. The molecule has 0 radical (unpaired) electrons. The van der Waals surface area contributed by atoms with Crippen LogP contribution in [0.2, 0.25) is 0 Å². The fraction of sp³-hybridized carbons (Fsp3) is 0.556. The van der Waals surface area contributed by atoms with Crippen molar-refractivity contribution in [3.8, 4) is 5.75 Å². The highest BCUT2D eigenvalue weighted by Gasteiger charge is 2.42. The summed E-state index contributed by atoms with van der Waals surface area (Å²) < 4.78 is 4.99. The molecule has 5 heteroatoms. The summed E-state index contributed by atoms with van der Waals surface area (Å²) >= 11 is 0. The lowest BCUT2D eigenvalue weighted by atomic mass is 9.84. The Balaban J connectivity index is 1.46. The van der Waals surface area contributed by atoms with E-state index in [1.165, 1.54) is 37.8 Å². The van der Waals surface area contributed by atoms with Gasteiger partial charge in [0.25, 0.3) is 5.91 Å². The van der Waals surface area contributed by atoms with E-state index in [0.717, 1.165) is 11.8 Å². The molecule has 3 rings (SSSR count). The second-order valence-electron chi connectivity index (χ2n) is 6.79. The summed E-state index contributed by atoms with van der Waals surface area (Å²) in [4.78, 5) is 23.8. The van der Waals surface area contributed by atoms with Gasteiger partial charge < -0.3 is 15.2 Å².